The van der Waals surface area contributed by atoms with Crippen LogP contribution in [0, 0.1) is 0 Å². The Morgan fingerprint density at radius 2 is 2.42 bits per heavy atom. The van der Waals surface area contributed by atoms with Crippen LogP contribution in [-0.2, 0) is 4.79 Å². The predicted octanol–water partition coefficient (Wildman–Crippen LogP) is -0.282. The van der Waals surface area contributed by atoms with Crippen molar-refractivity contribution in [3.63, 3.8) is 0 Å². The van der Waals surface area contributed by atoms with Crippen molar-refractivity contribution < 1.29 is 9.59 Å². The molecule has 1 aromatic heterocycles. The minimum absolute atomic E-state index is 0.116. The van der Waals surface area contributed by atoms with Crippen molar-refractivity contribution in [3.05, 3.63) is 23.9 Å². The number of hydrogen-bond donors (Lipinski definition) is 3. The van der Waals surface area contributed by atoms with E-state index >= 15 is 0 Å². The van der Waals surface area contributed by atoms with Gasteiger partial charge in [-0.2, -0.15) is 0 Å². The van der Waals surface area contributed by atoms with Gasteiger partial charge in [0.2, 0.25) is 5.91 Å². The largest absolute Gasteiger partial charge is 0.353 e. The second-order valence-electron chi connectivity index (χ2n) is 4.27. The maximum atomic E-state index is 12.4. The molecular formula is C12H17N5O2. The first-order valence-electron chi connectivity index (χ1n) is 6.19. The minimum Gasteiger partial charge on any atom is -0.353 e. The molecule has 7 heteroatoms. The first-order valence-corrected chi connectivity index (χ1v) is 6.19. The van der Waals surface area contributed by atoms with Gasteiger partial charge in [0, 0.05) is 13.1 Å². The lowest BCUT2D eigenvalue weighted by Crippen LogP contribution is -2.57. The number of hydrogen-bond acceptors (Lipinski definition) is 5. The normalized spacial score (nSPS) is 18.9. The number of nitrogen functional groups attached to an aromatic ring is 1. The van der Waals surface area contributed by atoms with Crippen LogP contribution in [0.3, 0.4) is 0 Å². The molecule has 0 bridgehead atoms. The maximum Gasteiger partial charge on any atom is 0.273 e. The number of aromatic nitrogens is 1. The molecule has 1 aromatic rings. The second kappa shape index (κ2) is 5.66. The van der Waals surface area contributed by atoms with Crippen LogP contribution in [0.2, 0.25) is 0 Å². The highest BCUT2D eigenvalue weighted by molar-refractivity contribution is 5.97. The monoisotopic (exact) mass is 263 g/mol. The highest BCUT2D eigenvalue weighted by Crippen LogP contribution is 2.13. The third kappa shape index (κ3) is 2.65. The Balaban J connectivity index is 2.24. The second-order valence-corrected chi connectivity index (χ2v) is 4.27. The van der Waals surface area contributed by atoms with Gasteiger partial charge >= 0.3 is 0 Å². The Morgan fingerprint density at radius 1 is 1.63 bits per heavy atom. The molecule has 19 heavy (non-hydrogen) atoms. The van der Waals surface area contributed by atoms with E-state index < -0.39 is 6.04 Å². The van der Waals surface area contributed by atoms with Crippen LogP contribution in [0.25, 0.3) is 0 Å². The van der Waals surface area contributed by atoms with Gasteiger partial charge in [0.05, 0.1) is 0 Å². The summed E-state index contributed by atoms with van der Waals surface area (Å²) in [5.74, 6) is 5.32. The number of nitrogens with two attached hydrogens (primary N) is 1. The molecule has 0 aliphatic carbocycles. The number of nitrogens with one attached hydrogen (secondary N) is 2. The molecule has 0 radical (unpaired) electrons. The predicted molar refractivity (Wildman–Crippen MR) is 70.2 cm³/mol. The van der Waals surface area contributed by atoms with E-state index in [9.17, 15) is 9.59 Å². The summed E-state index contributed by atoms with van der Waals surface area (Å²) in [6.07, 6.45) is 0.576. The van der Waals surface area contributed by atoms with Gasteiger partial charge in [-0.25, -0.2) is 10.8 Å². The van der Waals surface area contributed by atoms with E-state index in [1.165, 1.54) is 0 Å². The van der Waals surface area contributed by atoms with E-state index in [4.69, 9.17) is 5.84 Å². The molecule has 0 spiro atoms. The van der Waals surface area contributed by atoms with E-state index in [1.54, 1.807) is 23.1 Å². The summed E-state index contributed by atoms with van der Waals surface area (Å²) in [5, 5.41) is 2.76. The van der Waals surface area contributed by atoms with E-state index in [-0.39, 0.29) is 17.5 Å². The zero-order chi connectivity index (χ0) is 13.8. The van der Waals surface area contributed by atoms with Crippen molar-refractivity contribution in [3.8, 4) is 0 Å². The Bertz CT molecular complexity index is 491. The van der Waals surface area contributed by atoms with Crippen LogP contribution in [-0.4, -0.2) is 40.8 Å². The number of piperazine rings is 1. The van der Waals surface area contributed by atoms with E-state index in [2.05, 4.69) is 15.7 Å². The minimum atomic E-state index is -0.433. The summed E-state index contributed by atoms with van der Waals surface area (Å²) < 4.78 is 0. The van der Waals surface area contributed by atoms with Crippen LogP contribution in [0.1, 0.15) is 23.8 Å². The van der Waals surface area contributed by atoms with Gasteiger partial charge in [0.25, 0.3) is 5.91 Å². The number of hydrazine groups is 1. The van der Waals surface area contributed by atoms with Crippen molar-refractivity contribution >= 4 is 17.6 Å². The van der Waals surface area contributed by atoms with Crippen molar-refractivity contribution in [2.45, 2.75) is 19.4 Å². The average molecular weight is 263 g/mol. The summed E-state index contributed by atoms with van der Waals surface area (Å²) >= 11 is 0. The van der Waals surface area contributed by atoms with E-state index in [1.807, 2.05) is 6.92 Å². The fourth-order valence-corrected chi connectivity index (χ4v) is 2.14. The number of carbonyl (C=O) groups is 2. The first kappa shape index (κ1) is 13.3. The van der Waals surface area contributed by atoms with Crippen molar-refractivity contribution in [1.29, 1.82) is 0 Å². The lowest BCUT2D eigenvalue weighted by atomic mass is 10.1. The van der Waals surface area contributed by atoms with Crippen LogP contribution in [0.15, 0.2) is 18.2 Å². The number of carbonyl (C=O) groups excluding carboxylic acids is 2. The molecule has 4 N–H and O–H groups in total. The molecule has 1 atom stereocenters. The van der Waals surface area contributed by atoms with Gasteiger partial charge < -0.3 is 15.6 Å². The van der Waals surface area contributed by atoms with E-state index in [0.29, 0.717) is 25.3 Å². The number of nitrogens with zero attached hydrogens (tertiary/aromatic N) is 2. The summed E-state index contributed by atoms with van der Waals surface area (Å²) in [7, 11) is 0. The Labute approximate surface area is 111 Å². The zero-order valence-corrected chi connectivity index (χ0v) is 10.7. The Kier molecular flexibility index (Phi) is 3.96. The first-order chi connectivity index (χ1) is 9.17. The molecule has 2 rings (SSSR count). The molecule has 0 aromatic carbocycles. The molecule has 1 aliphatic heterocycles. The van der Waals surface area contributed by atoms with Crippen LogP contribution in [0.5, 0.6) is 0 Å². The fraction of sp³-hybridized carbons (Fsp3) is 0.417. The number of amides is 2. The van der Waals surface area contributed by atoms with Gasteiger partial charge in [0.1, 0.15) is 17.6 Å². The van der Waals surface area contributed by atoms with Gasteiger partial charge in [-0.1, -0.05) is 13.0 Å². The third-order valence-electron chi connectivity index (χ3n) is 3.09. The SMILES string of the molecule is CCC1C(=O)NCCN1C(=O)c1cccc(NN)n1. The highest BCUT2D eigenvalue weighted by Gasteiger charge is 2.32. The van der Waals surface area contributed by atoms with Crippen molar-refractivity contribution in [2.75, 3.05) is 18.5 Å². The molecule has 1 fully saturated rings. The molecule has 2 heterocycles. The third-order valence-corrected chi connectivity index (χ3v) is 3.09. The molecule has 7 nitrogen and oxygen atoms in total. The molecule has 1 unspecified atom stereocenters. The van der Waals surface area contributed by atoms with Gasteiger partial charge in [-0.3, -0.25) is 9.59 Å². The summed E-state index contributed by atoms with van der Waals surface area (Å²) in [5.41, 5.74) is 2.68. The summed E-state index contributed by atoms with van der Waals surface area (Å²) in [6, 6.07) is 4.54. The molecule has 2 amide bonds. The highest BCUT2D eigenvalue weighted by atomic mass is 16.2. The quantitative estimate of drug-likeness (QED) is 0.514. The van der Waals surface area contributed by atoms with Crippen molar-refractivity contribution in [2.24, 2.45) is 5.84 Å². The Morgan fingerprint density at radius 3 is 3.11 bits per heavy atom. The average Bonchev–Trinajstić information content (AvgIpc) is 2.46. The van der Waals surface area contributed by atoms with Gasteiger partial charge in [-0.15, -0.1) is 0 Å². The topological polar surface area (TPSA) is 100 Å². The Hall–Kier alpha value is -2.15. The zero-order valence-electron chi connectivity index (χ0n) is 10.7. The molecule has 102 valence electrons. The summed E-state index contributed by atoms with van der Waals surface area (Å²) in [6.45, 7) is 2.84. The van der Waals surface area contributed by atoms with E-state index in [0.717, 1.165) is 0 Å². The standard InChI is InChI=1S/C12H17N5O2/c1-2-9-11(18)14-6-7-17(9)12(19)8-4-3-5-10(15-8)16-13/h3-5,9H,2,6-7,13H2,1H3,(H,14,18)(H,15,16). The molecule has 1 saturated heterocycles. The fourth-order valence-electron chi connectivity index (χ4n) is 2.14. The van der Waals surface area contributed by atoms with Crippen LogP contribution >= 0.6 is 0 Å². The number of rotatable bonds is 3. The smallest absolute Gasteiger partial charge is 0.273 e. The summed E-state index contributed by atoms with van der Waals surface area (Å²) in [4.78, 5) is 29.8. The lowest BCUT2D eigenvalue weighted by molar-refractivity contribution is -0.127. The van der Waals surface area contributed by atoms with Crippen LogP contribution in [0.4, 0.5) is 5.82 Å². The van der Waals surface area contributed by atoms with Crippen molar-refractivity contribution in [1.82, 2.24) is 15.2 Å². The molecule has 0 saturated carbocycles. The molecule has 1 aliphatic rings. The lowest BCUT2D eigenvalue weighted by Gasteiger charge is -2.34. The number of pyridine rings is 1. The maximum absolute atomic E-state index is 12.4. The van der Waals surface area contributed by atoms with Gasteiger partial charge in [-0.05, 0) is 18.6 Å². The van der Waals surface area contributed by atoms with Crippen LogP contribution < -0.4 is 16.6 Å². The number of anilines is 1. The molecular weight excluding hydrogens is 246 g/mol. The van der Waals surface area contributed by atoms with Gasteiger partial charge in [0.15, 0.2) is 0 Å².